The van der Waals surface area contributed by atoms with Crippen LogP contribution in [0.4, 0.5) is 0 Å². The van der Waals surface area contributed by atoms with Crippen molar-refractivity contribution < 1.29 is 9.52 Å². The van der Waals surface area contributed by atoms with Crippen molar-refractivity contribution in [3.05, 3.63) is 46.5 Å². The Bertz CT molecular complexity index is 601. The summed E-state index contributed by atoms with van der Waals surface area (Å²) in [6.07, 6.45) is 4.54. The molecule has 0 amide bonds. The van der Waals surface area contributed by atoms with Gasteiger partial charge in [0.1, 0.15) is 11.4 Å². The molecule has 8 heteroatoms. The number of halogens is 1. The van der Waals surface area contributed by atoms with Gasteiger partial charge in [0.2, 0.25) is 0 Å². The van der Waals surface area contributed by atoms with Gasteiger partial charge in [0.25, 0.3) is 0 Å². The summed E-state index contributed by atoms with van der Waals surface area (Å²) in [6.45, 7) is 3.65. The van der Waals surface area contributed by atoms with Crippen LogP contribution in [0.3, 0.4) is 0 Å². The summed E-state index contributed by atoms with van der Waals surface area (Å²) in [7, 11) is 0. The highest BCUT2D eigenvalue weighted by Crippen LogP contribution is 2.23. The molecular weight excluding hydrogens is 469 g/mol. The van der Waals surface area contributed by atoms with Crippen LogP contribution in [-0.4, -0.2) is 42.7 Å². The zero-order valence-corrected chi connectivity index (χ0v) is 18.5. The maximum Gasteiger partial charge on any atom is 0.191 e. The number of aliphatic imine (C=N–C) groups is 1. The van der Waals surface area contributed by atoms with Gasteiger partial charge < -0.3 is 20.2 Å². The monoisotopic (exact) mass is 495 g/mol. The predicted molar refractivity (Wildman–Crippen MR) is 118 cm³/mol. The highest BCUT2D eigenvalue weighted by Gasteiger charge is 2.23. The van der Waals surface area contributed by atoms with Crippen molar-refractivity contribution in [1.29, 1.82) is 0 Å². The second-order valence-corrected chi connectivity index (χ2v) is 7.39. The Kier molecular flexibility index (Phi) is 10.6. The van der Waals surface area contributed by atoms with E-state index in [1.54, 1.807) is 36.3 Å². The first kappa shape index (κ1) is 22.3. The van der Waals surface area contributed by atoms with Crippen LogP contribution in [-0.2, 0) is 12.0 Å². The standard InChI is InChI=1S/C17H25N3O2S2.HI/c1-17(21,14-6-10-24-12-14)13-20-16(19-8-11-23-2)18-7-5-15-4-3-9-22-15;/h3-4,6,9-10,12,21H,5,7-8,11,13H2,1-2H3,(H2,18,19,20);1H. The van der Waals surface area contributed by atoms with E-state index in [4.69, 9.17) is 4.42 Å². The molecule has 2 aromatic rings. The van der Waals surface area contributed by atoms with Gasteiger partial charge in [-0.1, -0.05) is 0 Å². The van der Waals surface area contributed by atoms with E-state index < -0.39 is 5.60 Å². The number of aliphatic hydroxyl groups is 1. The maximum absolute atomic E-state index is 10.6. The Balaban J connectivity index is 0.00000312. The fraction of sp³-hybridized carbons (Fsp3) is 0.471. The Morgan fingerprint density at radius 1 is 1.36 bits per heavy atom. The van der Waals surface area contributed by atoms with Gasteiger partial charge in [-0.05, 0) is 47.7 Å². The summed E-state index contributed by atoms with van der Waals surface area (Å²) in [6, 6.07) is 5.78. The molecule has 3 N–H and O–H groups in total. The number of furan rings is 1. The van der Waals surface area contributed by atoms with Gasteiger partial charge in [-0.3, -0.25) is 0 Å². The quantitative estimate of drug-likeness (QED) is 0.216. The van der Waals surface area contributed by atoms with E-state index in [-0.39, 0.29) is 24.0 Å². The van der Waals surface area contributed by atoms with Gasteiger partial charge >= 0.3 is 0 Å². The molecule has 1 atom stereocenters. The second-order valence-electron chi connectivity index (χ2n) is 5.63. The van der Waals surface area contributed by atoms with Crippen LogP contribution in [0.2, 0.25) is 0 Å². The van der Waals surface area contributed by atoms with Gasteiger partial charge in [0.15, 0.2) is 5.96 Å². The normalized spacial score (nSPS) is 13.8. The van der Waals surface area contributed by atoms with Crippen LogP contribution < -0.4 is 10.6 Å². The first-order chi connectivity index (χ1) is 11.6. The maximum atomic E-state index is 10.6. The minimum Gasteiger partial charge on any atom is -0.469 e. The van der Waals surface area contributed by atoms with Crippen molar-refractivity contribution in [3.63, 3.8) is 0 Å². The molecular formula is C17H26IN3O2S2. The van der Waals surface area contributed by atoms with Crippen molar-refractivity contribution in [2.75, 3.05) is 31.6 Å². The molecule has 0 radical (unpaired) electrons. The van der Waals surface area contributed by atoms with E-state index in [0.29, 0.717) is 12.5 Å². The molecule has 0 saturated carbocycles. The highest BCUT2D eigenvalue weighted by atomic mass is 127. The number of thioether (sulfide) groups is 1. The van der Waals surface area contributed by atoms with Crippen LogP contribution >= 0.6 is 47.1 Å². The highest BCUT2D eigenvalue weighted by molar-refractivity contribution is 14.0. The molecule has 0 aliphatic heterocycles. The van der Waals surface area contributed by atoms with Gasteiger partial charge in [0, 0.05) is 25.3 Å². The Morgan fingerprint density at radius 3 is 2.80 bits per heavy atom. The molecule has 2 aromatic heterocycles. The third-order valence-electron chi connectivity index (χ3n) is 3.53. The molecule has 0 spiro atoms. The molecule has 0 aromatic carbocycles. The van der Waals surface area contributed by atoms with Crippen molar-refractivity contribution in [2.24, 2.45) is 4.99 Å². The van der Waals surface area contributed by atoms with Crippen molar-refractivity contribution >= 4 is 53.0 Å². The van der Waals surface area contributed by atoms with Gasteiger partial charge in [0.05, 0.1) is 12.8 Å². The van der Waals surface area contributed by atoms with Gasteiger partial charge in [-0.15, -0.1) is 24.0 Å². The summed E-state index contributed by atoms with van der Waals surface area (Å²) in [5, 5.41) is 21.1. The number of hydrogen-bond acceptors (Lipinski definition) is 5. The molecule has 0 fully saturated rings. The van der Waals surface area contributed by atoms with Crippen molar-refractivity contribution in [1.82, 2.24) is 10.6 Å². The lowest BCUT2D eigenvalue weighted by atomic mass is 10.00. The Hall–Kier alpha value is -0.710. The summed E-state index contributed by atoms with van der Waals surface area (Å²) < 4.78 is 5.33. The predicted octanol–water partition coefficient (Wildman–Crippen LogP) is 3.31. The number of hydrogen-bond donors (Lipinski definition) is 3. The van der Waals surface area contributed by atoms with E-state index >= 15 is 0 Å². The molecule has 140 valence electrons. The van der Waals surface area contributed by atoms with Crippen LogP contribution in [0.15, 0.2) is 44.6 Å². The molecule has 25 heavy (non-hydrogen) atoms. The summed E-state index contributed by atoms with van der Waals surface area (Å²) in [5.74, 6) is 2.65. The minimum absolute atomic E-state index is 0. The molecule has 0 saturated heterocycles. The van der Waals surface area contributed by atoms with Gasteiger partial charge in [-0.2, -0.15) is 23.1 Å². The minimum atomic E-state index is -0.963. The molecule has 2 heterocycles. The van der Waals surface area contributed by atoms with E-state index in [0.717, 1.165) is 36.6 Å². The zero-order chi connectivity index (χ0) is 17.3. The topological polar surface area (TPSA) is 69.8 Å². The number of guanidine groups is 1. The lowest BCUT2D eigenvalue weighted by Crippen LogP contribution is -2.40. The average molecular weight is 495 g/mol. The van der Waals surface area contributed by atoms with Crippen LogP contribution in [0.5, 0.6) is 0 Å². The zero-order valence-electron chi connectivity index (χ0n) is 14.5. The lowest BCUT2D eigenvalue weighted by Gasteiger charge is -2.21. The van der Waals surface area contributed by atoms with E-state index in [1.165, 1.54) is 0 Å². The van der Waals surface area contributed by atoms with Crippen molar-refractivity contribution in [3.8, 4) is 0 Å². The second kappa shape index (κ2) is 11.8. The van der Waals surface area contributed by atoms with Crippen LogP contribution in [0.25, 0.3) is 0 Å². The third kappa shape index (κ3) is 8.02. The molecule has 0 aliphatic carbocycles. The summed E-state index contributed by atoms with van der Waals surface area (Å²) in [4.78, 5) is 4.55. The molecule has 0 aliphatic rings. The van der Waals surface area contributed by atoms with E-state index in [9.17, 15) is 5.11 Å². The molecule has 2 rings (SSSR count). The fourth-order valence-corrected chi connectivity index (χ4v) is 3.19. The molecule has 1 unspecified atom stereocenters. The van der Waals surface area contributed by atoms with Crippen LogP contribution in [0, 0.1) is 0 Å². The summed E-state index contributed by atoms with van der Waals surface area (Å²) >= 11 is 3.36. The number of rotatable bonds is 9. The number of thiophene rings is 1. The Morgan fingerprint density at radius 2 is 2.16 bits per heavy atom. The third-order valence-corrected chi connectivity index (χ3v) is 4.83. The first-order valence-corrected chi connectivity index (χ1v) is 10.2. The molecule has 5 nitrogen and oxygen atoms in total. The lowest BCUT2D eigenvalue weighted by molar-refractivity contribution is 0.0677. The summed E-state index contributed by atoms with van der Waals surface area (Å²) in [5.41, 5.74) is -0.0647. The van der Waals surface area contributed by atoms with Crippen molar-refractivity contribution in [2.45, 2.75) is 18.9 Å². The Labute approximate surface area is 174 Å². The molecule has 0 bridgehead atoms. The van der Waals surface area contributed by atoms with E-state index in [2.05, 4.69) is 21.9 Å². The number of nitrogens with zero attached hydrogens (tertiary/aromatic N) is 1. The average Bonchev–Trinajstić information content (AvgIpc) is 3.26. The van der Waals surface area contributed by atoms with Crippen LogP contribution in [0.1, 0.15) is 18.2 Å². The van der Waals surface area contributed by atoms with Gasteiger partial charge in [-0.25, -0.2) is 4.99 Å². The number of nitrogens with one attached hydrogen (secondary N) is 2. The first-order valence-electron chi connectivity index (χ1n) is 7.90. The SMILES string of the molecule is CSCCNC(=NCC(C)(O)c1ccsc1)NCCc1ccco1.I. The largest absolute Gasteiger partial charge is 0.469 e. The smallest absolute Gasteiger partial charge is 0.191 e. The fourth-order valence-electron chi connectivity index (χ4n) is 2.10. The van der Waals surface area contributed by atoms with E-state index in [1.807, 2.05) is 29.0 Å².